The van der Waals surface area contributed by atoms with Gasteiger partial charge >= 0.3 is 5.97 Å². The lowest BCUT2D eigenvalue weighted by Crippen LogP contribution is -2.37. The highest BCUT2D eigenvalue weighted by atomic mass is 31.2. The fourth-order valence-corrected chi connectivity index (χ4v) is 7.22. The van der Waals surface area contributed by atoms with Crippen molar-refractivity contribution in [3.8, 4) is 0 Å². The van der Waals surface area contributed by atoms with Crippen molar-refractivity contribution in [2.75, 3.05) is 54.1 Å². The van der Waals surface area contributed by atoms with Crippen molar-refractivity contribution in [2.45, 2.75) is 213 Å². The number of allylic oxidation sites excluding steroid dienone is 6. The second-order valence-corrected chi connectivity index (χ2v) is 18.5. The van der Waals surface area contributed by atoms with Crippen LogP contribution in [0.25, 0.3) is 0 Å². The molecule has 336 valence electrons. The molecule has 0 amide bonds. The van der Waals surface area contributed by atoms with Gasteiger partial charge < -0.3 is 27.9 Å². The minimum absolute atomic E-state index is 0.0262. The highest BCUT2D eigenvalue weighted by molar-refractivity contribution is 7.45. The Morgan fingerprint density at radius 1 is 0.544 bits per heavy atom. The van der Waals surface area contributed by atoms with Crippen molar-refractivity contribution >= 4 is 13.8 Å². The lowest BCUT2D eigenvalue weighted by atomic mass is 10.0. The summed E-state index contributed by atoms with van der Waals surface area (Å²) in [5, 5.41) is 0. The van der Waals surface area contributed by atoms with Crippen molar-refractivity contribution < 1.29 is 37.3 Å². The van der Waals surface area contributed by atoms with Crippen LogP contribution in [-0.2, 0) is 27.9 Å². The minimum Gasteiger partial charge on any atom is -0.756 e. The van der Waals surface area contributed by atoms with E-state index >= 15 is 0 Å². The molecule has 0 aromatic carbocycles. The molecule has 0 fully saturated rings. The van der Waals surface area contributed by atoms with Crippen LogP contribution in [0.1, 0.15) is 206 Å². The molecule has 57 heavy (non-hydrogen) atoms. The first-order chi connectivity index (χ1) is 27.6. The zero-order valence-electron chi connectivity index (χ0n) is 38.0. The normalized spacial score (nSPS) is 14.0. The number of rotatable bonds is 44. The lowest BCUT2D eigenvalue weighted by molar-refractivity contribution is -0.870. The third kappa shape index (κ3) is 45.7. The van der Waals surface area contributed by atoms with Gasteiger partial charge in [0, 0.05) is 13.0 Å². The molecule has 0 aliphatic heterocycles. The van der Waals surface area contributed by atoms with Crippen LogP contribution in [-0.4, -0.2) is 70.7 Å². The highest BCUT2D eigenvalue weighted by Crippen LogP contribution is 2.38. The predicted molar refractivity (Wildman–Crippen MR) is 240 cm³/mol. The van der Waals surface area contributed by atoms with Crippen LogP contribution < -0.4 is 4.89 Å². The molecule has 0 spiro atoms. The molecule has 0 aliphatic carbocycles. The Hall–Kier alpha value is -1.28. The minimum atomic E-state index is -4.52. The lowest BCUT2D eigenvalue weighted by Gasteiger charge is -2.28. The van der Waals surface area contributed by atoms with Crippen LogP contribution in [0.3, 0.4) is 0 Å². The molecular formula is C48H92NO7P. The highest BCUT2D eigenvalue weighted by Gasteiger charge is 2.20. The van der Waals surface area contributed by atoms with Gasteiger partial charge in [-0.2, -0.15) is 0 Å². The number of nitrogens with zero attached hydrogens (tertiary/aromatic N) is 1. The topological polar surface area (TPSA) is 94.1 Å². The summed E-state index contributed by atoms with van der Waals surface area (Å²) in [4.78, 5) is 25.1. The third-order valence-electron chi connectivity index (χ3n) is 10.2. The third-order valence-corrected chi connectivity index (χ3v) is 11.2. The molecule has 0 radical (unpaired) electrons. The summed E-state index contributed by atoms with van der Waals surface area (Å²) in [7, 11) is 1.36. The fourth-order valence-electron chi connectivity index (χ4n) is 6.49. The largest absolute Gasteiger partial charge is 0.756 e. The SMILES string of the molecule is CCCCCCC/C=C\C/C=C\C/C=C\CCCCCCCCCCCCC(=O)OC(COCCCCCCCCCCCC)COP(=O)([O-])OCC[N+](C)(C)C. The molecular weight excluding hydrogens is 734 g/mol. The molecule has 8 nitrogen and oxygen atoms in total. The Morgan fingerprint density at radius 3 is 1.44 bits per heavy atom. The second kappa shape index (κ2) is 41.5. The van der Waals surface area contributed by atoms with Crippen LogP contribution in [0.5, 0.6) is 0 Å². The maximum Gasteiger partial charge on any atom is 0.306 e. The number of likely N-dealkylation sites (N-methyl/N-ethyl adjacent to an activating group) is 1. The molecule has 0 heterocycles. The number of hydrogen-bond donors (Lipinski definition) is 0. The maximum absolute atomic E-state index is 12.7. The van der Waals surface area contributed by atoms with E-state index in [9.17, 15) is 14.3 Å². The number of carbonyl (C=O) groups excluding carboxylic acids is 1. The number of phosphoric ester groups is 1. The number of unbranched alkanes of at least 4 members (excludes halogenated alkanes) is 24. The smallest absolute Gasteiger partial charge is 0.306 e. The molecule has 0 N–H and O–H groups in total. The first-order valence-electron chi connectivity index (χ1n) is 23.7. The molecule has 0 saturated heterocycles. The average molecular weight is 826 g/mol. The molecule has 0 aromatic rings. The summed E-state index contributed by atoms with van der Waals surface area (Å²) >= 11 is 0. The Bertz CT molecular complexity index is 1010. The monoisotopic (exact) mass is 826 g/mol. The standard InChI is InChI=1S/C48H92NO7P/c1-6-8-10-12-14-16-18-19-20-21-22-23-24-25-26-27-28-29-30-31-32-33-35-37-39-41-48(50)56-47(46-55-57(51,52)54-44-42-49(3,4)5)45-53-43-40-38-36-34-17-15-13-11-9-7-2/h18-19,21-22,24-25,47H,6-17,20,23,26-46H2,1-5H3/b19-18-,22-21-,25-24-. The summed E-state index contributed by atoms with van der Waals surface area (Å²) in [5.41, 5.74) is 0. The van der Waals surface area contributed by atoms with E-state index in [0.29, 0.717) is 24.1 Å². The number of quaternary nitrogens is 1. The molecule has 0 rings (SSSR count). The van der Waals surface area contributed by atoms with Crippen molar-refractivity contribution in [2.24, 2.45) is 0 Å². The van der Waals surface area contributed by atoms with Gasteiger partial charge in [0.15, 0.2) is 0 Å². The molecule has 2 unspecified atom stereocenters. The van der Waals surface area contributed by atoms with Gasteiger partial charge in [0.1, 0.15) is 19.3 Å². The van der Waals surface area contributed by atoms with E-state index < -0.39 is 13.9 Å². The van der Waals surface area contributed by atoms with E-state index in [1.54, 1.807) is 0 Å². The molecule has 2 atom stereocenters. The van der Waals surface area contributed by atoms with E-state index in [2.05, 4.69) is 50.3 Å². The average Bonchev–Trinajstić information content (AvgIpc) is 3.16. The zero-order valence-corrected chi connectivity index (χ0v) is 38.9. The second-order valence-electron chi connectivity index (χ2n) is 17.1. The van der Waals surface area contributed by atoms with Crippen LogP contribution in [0.15, 0.2) is 36.5 Å². The quantitative estimate of drug-likeness (QED) is 0.0198. The number of ether oxygens (including phenoxy) is 2. The van der Waals surface area contributed by atoms with E-state index in [0.717, 1.165) is 44.9 Å². The molecule has 0 aliphatic rings. The van der Waals surface area contributed by atoms with E-state index in [4.69, 9.17) is 18.5 Å². The Balaban J connectivity index is 4.08. The van der Waals surface area contributed by atoms with Crippen molar-refractivity contribution in [1.82, 2.24) is 0 Å². The number of phosphoric acid groups is 1. The summed E-state index contributed by atoms with van der Waals surface area (Å²) in [6.07, 6.45) is 48.8. The van der Waals surface area contributed by atoms with Crippen LogP contribution in [0, 0.1) is 0 Å². The predicted octanol–water partition coefficient (Wildman–Crippen LogP) is 13.5. The van der Waals surface area contributed by atoms with Gasteiger partial charge in [-0.15, -0.1) is 0 Å². The van der Waals surface area contributed by atoms with E-state index in [1.165, 1.54) is 141 Å². The summed E-state index contributed by atoms with van der Waals surface area (Å²) in [6, 6.07) is 0. The Morgan fingerprint density at radius 2 is 0.965 bits per heavy atom. The van der Waals surface area contributed by atoms with Crippen LogP contribution in [0.4, 0.5) is 0 Å². The number of carbonyl (C=O) groups is 1. The van der Waals surface area contributed by atoms with E-state index in [1.807, 2.05) is 21.1 Å². The van der Waals surface area contributed by atoms with Gasteiger partial charge in [-0.1, -0.05) is 185 Å². The van der Waals surface area contributed by atoms with Gasteiger partial charge in [-0.3, -0.25) is 9.36 Å². The van der Waals surface area contributed by atoms with Crippen molar-refractivity contribution in [1.29, 1.82) is 0 Å². The Labute approximate surface area is 353 Å². The summed E-state index contributed by atoms with van der Waals surface area (Å²) in [5.74, 6) is -0.337. The molecule has 0 aromatic heterocycles. The molecule has 9 heteroatoms. The number of hydrogen-bond acceptors (Lipinski definition) is 7. The molecule has 0 saturated carbocycles. The van der Waals surface area contributed by atoms with Gasteiger partial charge in [0.2, 0.25) is 0 Å². The summed E-state index contributed by atoms with van der Waals surface area (Å²) in [6.45, 7) is 5.40. The van der Waals surface area contributed by atoms with Gasteiger partial charge in [0.25, 0.3) is 7.82 Å². The van der Waals surface area contributed by atoms with Crippen molar-refractivity contribution in [3.05, 3.63) is 36.5 Å². The zero-order chi connectivity index (χ0) is 42.0. The first kappa shape index (κ1) is 55.7. The first-order valence-corrected chi connectivity index (χ1v) is 25.2. The summed E-state index contributed by atoms with van der Waals surface area (Å²) < 4.78 is 34.6. The Kier molecular flexibility index (Phi) is 40.5. The molecule has 0 bridgehead atoms. The van der Waals surface area contributed by atoms with Gasteiger partial charge in [-0.05, 0) is 51.4 Å². The maximum atomic E-state index is 12.7. The van der Waals surface area contributed by atoms with Crippen LogP contribution in [0.2, 0.25) is 0 Å². The van der Waals surface area contributed by atoms with Crippen molar-refractivity contribution in [3.63, 3.8) is 0 Å². The number of esters is 1. The van der Waals surface area contributed by atoms with Gasteiger partial charge in [-0.25, -0.2) is 0 Å². The van der Waals surface area contributed by atoms with E-state index in [-0.39, 0.29) is 25.8 Å². The fraction of sp³-hybridized carbons (Fsp3) is 0.854. The van der Waals surface area contributed by atoms with Crippen LogP contribution >= 0.6 is 7.82 Å². The van der Waals surface area contributed by atoms with Gasteiger partial charge in [0.05, 0.1) is 34.4 Å².